The zero-order valence-corrected chi connectivity index (χ0v) is 17.2. The molecule has 2 aromatic rings. The van der Waals surface area contributed by atoms with Crippen LogP contribution in [0.1, 0.15) is 12.5 Å². The molecule has 1 fully saturated rings. The Hall–Kier alpha value is -2.44. The van der Waals surface area contributed by atoms with Crippen LogP contribution >= 0.6 is 11.6 Å². The maximum atomic E-state index is 12.8. The van der Waals surface area contributed by atoms with Gasteiger partial charge < -0.3 is 25.0 Å². The van der Waals surface area contributed by atoms with Crippen molar-refractivity contribution in [3.63, 3.8) is 0 Å². The third-order valence-electron chi connectivity index (χ3n) is 5.37. The fourth-order valence-corrected chi connectivity index (χ4v) is 3.71. The summed E-state index contributed by atoms with van der Waals surface area (Å²) < 4.78 is 5.35. The van der Waals surface area contributed by atoms with Gasteiger partial charge in [-0.3, -0.25) is 4.79 Å². The number of hydrogen-bond acceptors (Lipinski definition) is 4. The fourth-order valence-electron chi connectivity index (χ4n) is 3.56. The van der Waals surface area contributed by atoms with E-state index in [0.717, 1.165) is 37.4 Å². The Kier molecular flexibility index (Phi) is 6.31. The Labute approximate surface area is 170 Å². The minimum Gasteiger partial charge on any atom is -0.506 e. The SMILES string of the molecule is COc1cc(Cl)c(C)cc1NC(=O)[C@H](C)[NH+]1CCN(c2ccccc2O)CC1. The van der Waals surface area contributed by atoms with Crippen molar-refractivity contribution in [1.29, 1.82) is 0 Å². The number of carbonyl (C=O) groups is 1. The van der Waals surface area contributed by atoms with Crippen LogP contribution in [0, 0.1) is 6.92 Å². The van der Waals surface area contributed by atoms with Gasteiger partial charge >= 0.3 is 0 Å². The van der Waals surface area contributed by atoms with E-state index in [1.165, 1.54) is 4.90 Å². The molecule has 0 aromatic heterocycles. The maximum absolute atomic E-state index is 12.8. The largest absolute Gasteiger partial charge is 0.506 e. The molecule has 0 spiro atoms. The molecular weight excluding hydrogens is 378 g/mol. The van der Waals surface area contributed by atoms with Crippen LogP contribution in [0.25, 0.3) is 0 Å². The topological polar surface area (TPSA) is 66.2 Å². The number of hydrogen-bond donors (Lipinski definition) is 3. The zero-order chi connectivity index (χ0) is 20.3. The van der Waals surface area contributed by atoms with Crippen molar-refractivity contribution < 1.29 is 19.5 Å². The molecule has 6 nitrogen and oxygen atoms in total. The summed E-state index contributed by atoms with van der Waals surface area (Å²) >= 11 is 6.14. The second-order valence-electron chi connectivity index (χ2n) is 7.15. The van der Waals surface area contributed by atoms with Gasteiger partial charge in [0.2, 0.25) is 0 Å². The summed E-state index contributed by atoms with van der Waals surface area (Å²) in [5.41, 5.74) is 2.36. The number of nitrogens with one attached hydrogen (secondary N) is 2. The number of halogens is 1. The van der Waals surface area contributed by atoms with Gasteiger partial charge in [0.05, 0.1) is 44.7 Å². The minimum atomic E-state index is -0.202. The van der Waals surface area contributed by atoms with Gasteiger partial charge in [0.1, 0.15) is 11.5 Å². The number of aryl methyl sites for hydroxylation is 1. The molecule has 1 atom stereocenters. The lowest BCUT2D eigenvalue weighted by Gasteiger charge is -2.36. The molecule has 28 heavy (non-hydrogen) atoms. The number of nitrogens with zero attached hydrogens (tertiary/aromatic N) is 1. The molecule has 0 radical (unpaired) electrons. The molecule has 1 saturated heterocycles. The van der Waals surface area contributed by atoms with Crippen LogP contribution < -0.4 is 19.9 Å². The van der Waals surface area contributed by atoms with Crippen molar-refractivity contribution in [3.05, 3.63) is 47.0 Å². The molecule has 7 heteroatoms. The first kappa shape index (κ1) is 20.3. The molecule has 1 heterocycles. The van der Waals surface area contributed by atoms with E-state index in [1.807, 2.05) is 38.1 Å². The Morgan fingerprint density at radius 1 is 1.29 bits per heavy atom. The first-order valence-electron chi connectivity index (χ1n) is 9.43. The molecule has 0 bridgehead atoms. The van der Waals surface area contributed by atoms with Gasteiger partial charge in [-0.05, 0) is 37.6 Å². The third-order valence-corrected chi connectivity index (χ3v) is 5.78. The quantitative estimate of drug-likeness (QED) is 0.714. The van der Waals surface area contributed by atoms with Crippen LogP contribution in [-0.4, -0.2) is 50.3 Å². The molecule has 0 aliphatic carbocycles. The summed E-state index contributed by atoms with van der Waals surface area (Å²) in [5.74, 6) is 0.795. The minimum absolute atomic E-state index is 0.0500. The number of ether oxygens (including phenoxy) is 1. The van der Waals surface area contributed by atoms with Crippen LogP contribution in [0.15, 0.2) is 36.4 Å². The number of phenolic OH excluding ortho intramolecular Hbond substituents is 1. The lowest BCUT2D eigenvalue weighted by molar-refractivity contribution is -0.914. The summed E-state index contributed by atoms with van der Waals surface area (Å²) in [4.78, 5) is 16.2. The van der Waals surface area contributed by atoms with E-state index in [1.54, 1.807) is 19.2 Å². The summed E-state index contributed by atoms with van der Waals surface area (Å²) in [6.07, 6.45) is 0. The van der Waals surface area contributed by atoms with Crippen molar-refractivity contribution >= 4 is 28.9 Å². The highest BCUT2D eigenvalue weighted by molar-refractivity contribution is 6.31. The van der Waals surface area contributed by atoms with Gasteiger partial charge in [0, 0.05) is 11.1 Å². The van der Waals surface area contributed by atoms with Gasteiger partial charge in [0.25, 0.3) is 5.91 Å². The molecule has 2 aromatic carbocycles. The van der Waals surface area contributed by atoms with E-state index in [-0.39, 0.29) is 11.9 Å². The Morgan fingerprint density at radius 3 is 2.61 bits per heavy atom. The predicted octanol–water partition coefficient (Wildman–Crippen LogP) is 2.09. The molecule has 0 saturated carbocycles. The van der Waals surface area contributed by atoms with E-state index in [9.17, 15) is 9.90 Å². The number of quaternary nitrogens is 1. The lowest BCUT2D eigenvalue weighted by Crippen LogP contribution is -3.19. The zero-order valence-electron chi connectivity index (χ0n) is 16.5. The van der Waals surface area contributed by atoms with Crippen LogP contribution in [-0.2, 0) is 4.79 Å². The molecule has 3 N–H and O–H groups in total. The summed E-state index contributed by atoms with van der Waals surface area (Å²) in [7, 11) is 1.56. The third kappa shape index (κ3) is 4.34. The number of para-hydroxylation sites is 2. The predicted molar refractivity (Wildman–Crippen MR) is 112 cm³/mol. The second-order valence-corrected chi connectivity index (χ2v) is 7.55. The van der Waals surface area contributed by atoms with Crippen molar-refractivity contribution in [3.8, 4) is 11.5 Å². The van der Waals surface area contributed by atoms with Crippen LogP contribution in [0.5, 0.6) is 11.5 Å². The number of piperazine rings is 1. The van der Waals surface area contributed by atoms with E-state index in [4.69, 9.17) is 16.3 Å². The number of methoxy groups -OCH3 is 1. The summed E-state index contributed by atoms with van der Waals surface area (Å²) in [5, 5.41) is 13.6. The van der Waals surface area contributed by atoms with Crippen LogP contribution in [0.3, 0.4) is 0 Å². The van der Waals surface area contributed by atoms with E-state index >= 15 is 0 Å². The van der Waals surface area contributed by atoms with Crippen molar-refractivity contribution in [1.82, 2.24) is 0 Å². The molecule has 1 aliphatic heterocycles. The van der Waals surface area contributed by atoms with Gasteiger partial charge in [-0.1, -0.05) is 23.7 Å². The van der Waals surface area contributed by atoms with Crippen LogP contribution in [0.2, 0.25) is 5.02 Å². The fraction of sp³-hybridized carbons (Fsp3) is 0.381. The number of phenols is 1. The summed E-state index contributed by atoms with van der Waals surface area (Å²) in [6, 6.07) is 10.7. The highest BCUT2D eigenvalue weighted by Gasteiger charge is 2.30. The number of anilines is 2. The monoisotopic (exact) mass is 404 g/mol. The smallest absolute Gasteiger partial charge is 0.282 e. The molecule has 1 amide bonds. The molecule has 1 aliphatic rings. The average Bonchev–Trinajstić information content (AvgIpc) is 2.70. The number of carbonyl (C=O) groups excluding carboxylic acids is 1. The number of amides is 1. The normalized spacial score (nSPS) is 15.9. The van der Waals surface area contributed by atoms with Gasteiger partial charge in [-0.2, -0.15) is 0 Å². The van der Waals surface area contributed by atoms with Gasteiger partial charge in [0.15, 0.2) is 6.04 Å². The highest BCUT2D eigenvalue weighted by atomic mass is 35.5. The lowest BCUT2D eigenvalue weighted by atomic mass is 10.1. The number of benzene rings is 2. The van der Waals surface area contributed by atoms with Crippen LogP contribution in [0.4, 0.5) is 11.4 Å². The average molecular weight is 405 g/mol. The van der Waals surface area contributed by atoms with Crippen molar-refractivity contribution in [2.24, 2.45) is 0 Å². The number of rotatable bonds is 5. The first-order chi connectivity index (χ1) is 13.4. The molecular formula is C21H27ClN3O3+. The molecule has 150 valence electrons. The maximum Gasteiger partial charge on any atom is 0.282 e. The Bertz CT molecular complexity index is 851. The highest BCUT2D eigenvalue weighted by Crippen LogP contribution is 2.31. The summed E-state index contributed by atoms with van der Waals surface area (Å²) in [6.45, 7) is 7.04. The Morgan fingerprint density at radius 2 is 1.96 bits per heavy atom. The molecule has 0 unspecified atom stereocenters. The molecule has 3 rings (SSSR count). The van der Waals surface area contributed by atoms with Crippen molar-refractivity contribution in [2.45, 2.75) is 19.9 Å². The first-order valence-corrected chi connectivity index (χ1v) is 9.81. The standard InChI is InChI=1S/C21H26ClN3O3/c1-14-12-17(20(28-3)13-16(14)22)23-21(27)15(2)24-8-10-25(11-9-24)18-6-4-5-7-19(18)26/h4-7,12-13,15,26H,8-11H2,1-3H3,(H,23,27)/p+1/t15-/m0/s1. The van der Waals surface area contributed by atoms with Crippen molar-refractivity contribution in [2.75, 3.05) is 43.5 Å². The number of aromatic hydroxyl groups is 1. The van der Waals surface area contributed by atoms with E-state index < -0.39 is 0 Å². The van der Waals surface area contributed by atoms with Gasteiger partial charge in [-0.25, -0.2) is 0 Å². The second kappa shape index (κ2) is 8.71. The van der Waals surface area contributed by atoms with Gasteiger partial charge in [-0.15, -0.1) is 0 Å². The van der Waals surface area contributed by atoms with E-state index in [0.29, 0.717) is 22.2 Å². The Balaban J connectivity index is 1.62. The van der Waals surface area contributed by atoms with E-state index in [2.05, 4.69) is 10.2 Å².